The van der Waals surface area contributed by atoms with E-state index in [0.29, 0.717) is 24.4 Å². The van der Waals surface area contributed by atoms with Crippen LogP contribution in [0, 0.1) is 0 Å². The highest BCUT2D eigenvalue weighted by Crippen LogP contribution is 2.27. The molecule has 0 N–H and O–H groups in total. The van der Waals surface area contributed by atoms with Crippen molar-refractivity contribution in [3.8, 4) is 0 Å². The van der Waals surface area contributed by atoms with Gasteiger partial charge < -0.3 is 9.47 Å². The zero-order chi connectivity index (χ0) is 16.2. The van der Waals surface area contributed by atoms with Crippen molar-refractivity contribution in [3.05, 3.63) is 18.2 Å². The van der Waals surface area contributed by atoms with Crippen molar-refractivity contribution in [2.45, 2.75) is 64.0 Å². The van der Waals surface area contributed by atoms with E-state index in [1.54, 1.807) is 0 Å². The highest BCUT2D eigenvalue weighted by molar-refractivity contribution is 5.78. The Hall–Kier alpha value is -1.36. The van der Waals surface area contributed by atoms with Crippen LogP contribution in [0.1, 0.15) is 57.2 Å². The number of likely N-dealkylation sites (N-methyl/N-ethyl adjacent to an activating group) is 1. The van der Waals surface area contributed by atoms with Crippen LogP contribution in [0.4, 0.5) is 0 Å². The first-order valence-corrected chi connectivity index (χ1v) is 9.18. The number of aromatic nitrogens is 2. The number of imidazole rings is 1. The van der Waals surface area contributed by atoms with Crippen molar-refractivity contribution in [1.29, 1.82) is 0 Å². The fourth-order valence-corrected chi connectivity index (χ4v) is 4.15. The number of hydrogen-bond acceptors (Lipinski definition) is 3. The lowest BCUT2D eigenvalue weighted by Gasteiger charge is -2.34. The Morgan fingerprint density at radius 2 is 2.09 bits per heavy atom. The smallest absolute Gasteiger partial charge is 0.236 e. The van der Waals surface area contributed by atoms with Gasteiger partial charge in [0.2, 0.25) is 5.91 Å². The van der Waals surface area contributed by atoms with Crippen molar-refractivity contribution in [2.75, 3.05) is 26.7 Å². The molecule has 0 bridgehead atoms. The van der Waals surface area contributed by atoms with Gasteiger partial charge in [-0.3, -0.25) is 9.69 Å². The molecule has 1 amide bonds. The third-order valence-corrected chi connectivity index (χ3v) is 5.56. The molecule has 2 heterocycles. The van der Waals surface area contributed by atoms with Gasteiger partial charge in [-0.15, -0.1) is 0 Å². The van der Waals surface area contributed by atoms with Crippen LogP contribution >= 0.6 is 0 Å². The fourth-order valence-electron chi connectivity index (χ4n) is 4.15. The quantitative estimate of drug-likeness (QED) is 0.837. The van der Waals surface area contributed by atoms with Gasteiger partial charge in [-0.2, -0.15) is 0 Å². The summed E-state index contributed by atoms with van der Waals surface area (Å²) < 4.78 is 2.21. The van der Waals surface area contributed by atoms with Gasteiger partial charge in [0.15, 0.2) is 0 Å². The fraction of sp³-hybridized carbons (Fsp3) is 0.778. The van der Waals surface area contributed by atoms with Crippen LogP contribution in [-0.2, 0) is 11.3 Å². The summed E-state index contributed by atoms with van der Waals surface area (Å²) in [6.07, 6.45) is 11.3. The monoisotopic (exact) mass is 318 g/mol. The number of likely N-dealkylation sites (tertiary alicyclic amines) is 1. The molecule has 0 spiro atoms. The number of nitrogens with zero attached hydrogens (tertiary/aromatic N) is 4. The van der Waals surface area contributed by atoms with Crippen LogP contribution < -0.4 is 0 Å². The molecule has 1 atom stereocenters. The predicted octanol–water partition coefficient (Wildman–Crippen LogP) is 2.48. The van der Waals surface area contributed by atoms with E-state index in [-0.39, 0.29) is 0 Å². The second kappa shape index (κ2) is 7.47. The Morgan fingerprint density at radius 3 is 2.83 bits per heavy atom. The van der Waals surface area contributed by atoms with Crippen molar-refractivity contribution >= 4 is 5.91 Å². The number of aryl methyl sites for hydroxylation is 1. The molecule has 1 saturated carbocycles. The number of carbonyl (C=O) groups excluding carboxylic acids is 1. The topological polar surface area (TPSA) is 41.4 Å². The minimum atomic E-state index is 0.290. The van der Waals surface area contributed by atoms with Crippen LogP contribution in [0.25, 0.3) is 0 Å². The standard InChI is InChI=1S/C18H30N4O/c1-3-21-12-10-19-18(21)15-7-6-11-22(13-15)17(23)14-20(2)16-8-4-5-9-16/h10,12,15-16H,3-9,11,13-14H2,1-2H3. The molecule has 1 aromatic rings. The molecule has 0 aromatic carbocycles. The molecule has 2 aliphatic rings. The van der Waals surface area contributed by atoms with Crippen molar-refractivity contribution in [1.82, 2.24) is 19.4 Å². The average molecular weight is 318 g/mol. The minimum Gasteiger partial charge on any atom is -0.341 e. The summed E-state index contributed by atoms with van der Waals surface area (Å²) in [5, 5.41) is 0. The summed E-state index contributed by atoms with van der Waals surface area (Å²) >= 11 is 0. The second-order valence-electron chi connectivity index (χ2n) is 7.10. The largest absolute Gasteiger partial charge is 0.341 e. The van der Waals surface area contributed by atoms with E-state index in [1.165, 1.54) is 25.7 Å². The zero-order valence-electron chi connectivity index (χ0n) is 14.6. The van der Waals surface area contributed by atoms with E-state index >= 15 is 0 Å². The molecule has 23 heavy (non-hydrogen) atoms. The van der Waals surface area contributed by atoms with Crippen LogP contribution in [0.3, 0.4) is 0 Å². The normalized spacial score (nSPS) is 22.9. The molecule has 128 valence electrons. The molecule has 3 rings (SSSR count). The molecule has 5 nitrogen and oxygen atoms in total. The summed E-state index contributed by atoms with van der Waals surface area (Å²) in [6, 6.07) is 0.610. The molecule has 1 aliphatic carbocycles. The first-order chi connectivity index (χ1) is 11.2. The predicted molar refractivity (Wildman–Crippen MR) is 91.3 cm³/mol. The molecule has 1 aliphatic heterocycles. The van der Waals surface area contributed by atoms with Crippen molar-refractivity contribution in [3.63, 3.8) is 0 Å². The second-order valence-corrected chi connectivity index (χ2v) is 7.10. The molecule has 1 aromatic heterocycles. The van der Waals surface area contributed by atoms with Gasteiger partial charge in [-0.05, 0) is 39.7 Å². The van der Waals surface area contributed by atoms with E-state index in [4.69, 9.17) is 0 Å². The Bertz CT molecular complexity index is 521. The van der Waals surface area contributed by atoms with Crippen molar-refractivity contribution in [2.24, 2.45) is 0 Å². The molecule has 1 unspecified atom stereocenters. The van der Waals surface area contributed by atoms with Gasteiger partial charge in [-0.1, -0.05) is 12.8 Å². The lowest BCUT2D eigenvalue weighted by Crippen LogP contribution is -2.45. The van der Waals surface area contributed by atoms with Crippen LogP contribution in [-0.4, -0.2) is 58.0 Å². The number of piperidine rings is 1. The van der Waals surface area contributed by atoms with Gasteiger partial charge in [-0.25, -0.2) is 4.98 Å². The molecule has 0 radical (unpaired) electrons. The zero-order valence-corrected chi connectivity index (χ0v) is 14.6. The van der Waals surface area contributed by atoms with Gasteiger partial charge in [0.25, 0.3) is 0 Å². The number of amides is 1. The first kappa shape index (κ1) is 16.5. The molecular formula is C18H30N4O. The Balaban J connectivity index is 1.58. The third-order valence-electron chi connectivity index (χ3n) is 5.56. The molecule has 5 heteroatoms. The van der Waals surface area contributed by atoms with Gasteiger partial charge in [0.1, 0.15) is 5.82 Å². The van der Waals surface area contributed by atoms with E-state index < -0.39 is 0 Å². The molecular weight excluding hydrogens is 288 g/mol. The van der Waals surface area contributed by atoms with Crippen LogP contribution in [0.2, 0.25) is 0 Å². The molecule has 1 saturated heterocycles. The van der Waals surface area contributed by atoms with Gasteiger partial charge in [0, 0.05) is 44.0 Å². The van der Waals surface area contributed by atoms with E-state index in [2.05, 4.69) is 33.3 Å². The van der Waals surface area contributed by atoms with Crippen LogP contribution in [0.5, 0.6) is 0 Å². The average Bonchev–Trinajstić information content (AvgIpc) is 3.26. The van der Waals surface area contributed by atoms with E-state index in [1.807, 2.05) is 12.4 Å². The van der Waals surface area contributed by atoms with Crippen molar-refractivity contribution < 1.29 is 4.79 Å². The highest BCUT2D eigenvalue weighted by atomic mass is 16.2. The SMILES string of the molecule is CCn1ccnc1C1CCCN(C(=O)CN(C)C2CCCC2)C1. The summed E-state index contributed by atoms with van der Waals surface area (Å²) in [5.74, 6) is 1.83. The van der Waals surface area contributed by atoms with Gasteiger partial charge >= 0.3 is 0 Å². The van der Waals surface area contributed by atoms with Crippen LogP contribution in [0.15, 0.2) is 12.4 Å². The number of hydrogen-bond donors (Lipinski definition) is 0. The van der Waals surface area contributed by atoms with E-state index in [9.17, 15) is 4.79 Å². The lowest BCUT2D eigenvalue weighted by atomic mass is 9.97. The third kappa shape index (κ3) is 3.77. The maximum absolute atomic E-state index is 12.7. The Labute approximate surface area is 139 Å². The minimum absolute atomic E-state index is 0.290. The summed E-state index contributed by atoms with van der Waals surface area (Å²) in [5.41, 5.74) is 0. The maximum atomic E-state index is 12.7. The number of carbonyl (C=O) groups is 1. The molecule has 2 fully saturated rings. The summed E-state index contributed by atoms with van der Waals surface area (Å²) in [4.78, 5) is 21.6. The number of rotatable bonds is 5. The Kier molecular flexibility index (Phi) is 5.36. The summed E-state index contributed by atoms with van der Waals surface area (Å²) in [6.45, 7) is 5.40. The lowest BCUT2D eigenvalue weighted by molar-refractivity contribution is -0.133. The summed E-state index contributed by atoms with van der Waals surface area (Å²) in [7, 11) is 2.11. The highest BCUT2D eigenvalue weighted by Gasteiger charge is 2.29. The van der Waals surface area contributed by atoms with E-state index in [0.717, 1.165) is 38.3 Å². The van der Waals surface area contributed by atoms with Gasteiger partial charge in [0.05, 0.1) is 6.54 Å². The Morgan fingerprint density at radius 1 is 1.30 bits per heavy atom. The maximum Gasteiger partial charge on any atom is 0.236 e. The first-order valence-electron chi connectivity index (χ1n) is 9.18.